The molecule has 0 saturated heterocycles. The third-order valence-corrected chi connectivity index (χ3v) is 3.37. The van der Waals surface area contributed by atoms with Crippen molar-refractivity contribution in [3.63, 3.8) is 0 Å². The van der Waals surface area contributed by atoms with Gasteiger partial charge in [0, 0.05) is 12.2 Å². The summed E-state index contributed by atoms with van der Waals surface area (Å²) in [5.41, 5.74) is 6.38. The van der Waals surface area contributed by atoms with Crippen molar-refractivity contribution in [2.45, 2.75) is 6.92 Å². The molecule has 0 aliphatic heterocycles. The second-order valence-corrected chi connectivity index (χ2v) is 5.32. The Kier molecular flexibility index (Phi) is 7.45. The van der Waals surface area contributed by atoms with Gasteiger partial charge in [0.1, 0.15) is 18.1 Å². The quantitative estimate of drug-likeness (QED) is 0.635. The van der Waals surface area contributed by atoms with Gasteiger partial charge in [-0.1, -0.05) is 12.1 Å². The van der Waals surface area contributed by atoms with Gasteiger partial charge in [-0.25, -0.2) is 0 Å². The zero-order chi connectivity index (χ0) is 18.8. The van der Waals surface area contributed by atoms with E-state index in [2.05, 4.69) is 10.6 Å². The van der Waals surface area contributed by atoms with Crippen LogP contribution in [-0.4, -0.2) is 38.1 Å². The normalized spacial score (nSPS) is 10.1. The molecular formula is C19H23N3O4. The summed E-state index contributed by atoms with van der Waals surface area (Å²) in [6.45, 7) is 3.01. The van der Waals surface area contributed by atoms with E-state index in [9.17, 15) is 9.59 Å². The Balaban J connectivity index is 1.85. The van der Waals surface area contributed by atoms with E-state index in [1.165, 1.54) is 0 Å². The van der Waals surface area contributed by atoms with Crippen molar-refractivity contribution in [2.24, 2.45) is 5.73 Å². The standard InChI is InChI=1S/C19H23N3O4/c1-2-25-17-6-4-3-5-16(17)19(24)21-13-18(23)22-14-7-9-15(10-8-14)26-12-11-20/h3-10H,2,11-13,20H2,1H3,(H,21,24)(H,22,23). The van der Waals surface area contributed by atoms with E-state index in [1.807, 2.05) is 6.92 Å². The highest BCUT2D eigenvalue weighted by Crippen LogP contribution is 2.18. The van der Waals surface area contributed by atoms with Crippen molar-refractivity contribution < 1.29 is 19.1 Å². The molecule has 7 nitrogen and oxygen atoms in total. The number of carbonyl (C=O) groups excluding carboxylic acids is 2. The SMILES string of the molecule is CCOc1ccccc1C(=O)NCC(=O)Nc1ccc(OCCN)cc1. The number of rotatable bonds is 9. The summed E-state index contributed by atoms with van der Waals surface area (Å²) < 4.78 is 10.8. The van der Waals surface area contributed by atoms with Crippen LogP contribution in [0.15, 0.2) is 48.5 Å². The van der Waals surface area contributed by atoms with Gasteiger partial charge in [0.15, 0.2) is 0 Å². The highest BCUT2D eigenvalue weighted by molar-refractivity contribution is 6.00. The number of amides is 2. The number of nitrogens with one attached hydrogen (secondary N) is 2. The molecule has 0 radical (unpaired) electrons. The fraction of sp³-hybridized carbons (Fsp3) is 0.263. The topological polar surface area (TPSA) is 103 Å². The van der Waals surface area contributed by atoms with Crippen LogP contribution < -0.4 is 25.8 Å². The number of hydrogen-bond acceptors (Lipinski definition) is 5. The van der Waals surface area contributed by atoms with Crippen LogP contribution in [0.25, 0.3) is 0 Å². The number of carbonyl (C=O) groups is 2. The van der Waals surface area contributed by atoms with Crippen molar-refractivity contribution in [1.82, 2.24) is 5.32 Å². The van der Waals surface area contributed by atoms with Crippen LogP contribution in [0.1, 0.15) is 17.3 Å². The van der Waals surface area contributed by atoms with Crippen molar-refractivity contribution >= 4 is 17.5 Å². The summed E-state index contributed by atoms with van der Waals surface area (Å²) in [5, 5.41) is 5.29. The maximum Gasteiger partial charge on any atom is 0.255 e. The maximum atomic E-state index is 12.2. The molecule has 2 aromatic carbocycles. The van der Waals surface area contributed by atoms with Gasteiger partial charge < -0.3 is 25.8 Å². The first kappa shape index (κ1) is 19.3. The predicted octanol–water partition coefficient (Wildman–Crippen LogP) is 1.79. The van der Waals surface area contributed by atoms with E-state index in [0.717, 1.165) is 0 Å². The highest BCUT2D eigenvalue weighted by atomic mass is 16.5. The van der Waals surface area contributed by atoms with Crippen LogP contribution in [0.5, 0.6) is 11.5 Å². The molecule has 0 aliphatic rings. The van der Waals surface area contributed by atoms with E-state index in [4.69, 9.17) is 15.2 Å². The largest absolute Gasteiger partial charge is 0.493 e. The summed E-state index contributed by atoms with van der Waals surface area (Å²) in [7, 11) is 0. The number of nitrogens with two attached hydrogens (primary N) is 1. The van der Waals surface area contributed by atoms with Gasteiger partial charge in [-0.15, -0.1) is 0 Å². The van der Waals surface area contributed by atoms with E-state index in [0.29, 0.717) is 42.5 Å². The Morgan fingerprint density at radius 3 is 2.46 bits per heavy atom. The first-order valence-corrected chi connectivity index (χ1v) is 8.37. The Bertz CT molecular complexity index is 732. The molecule has 26 heavy (non-hydrogen) atoms. The minimum absolute atomic E-state index is 0.148. The first-order valence-electron chi connectivity index (χ1n) is 8.37. The second-order valence-electron chi connectivity index (χ2n) is 5.32. The van der Waals surface area contributed by atoms with E-state index >= 15 is 0 Å². The molecule has 0 unspecified atom stereocenters. The number of para-hydroxylation sites is 1. The monoisotopic (exact) mass is 357 g/mol. The van der Waals surface area contributed by atoms with Crippen molar-refractivity contribution in [3.8, 4) is 11.5 Å². The number of anilines is 1. The molecule has 0 atom stereocenters. The molecule has 138 valence electrons. The summed E-state index contributed by atoms with van der Waals surface area (Å²) in [6.07, 6.45) is 0. The highest BCUT2D eigenvalue weighted by Gasteiger charge is 2.13. The molecule has 2 amide bonds. The third-order valence-electron chi connectivity index (χ3n) is 3.37. The van der Waals surface area contributed by atoms with Crippen molar-refractivity contribution in [3.05, 3.63) is 54.1 Å². The van der Waals surface area contributed by atoms with Gasteiger partial charge >= 0.3 is 0 Å². The van der Waals surface area contributed by atoms with E-state index < -0.39 is 0 Å². The summed E-state index contributed by atoms with van der Waals surface area (Å²) in [4.78, 5) is 24.3. The molecule has 7 heteroatoms. The molecular weight excluding hydrogens is 334 g/mol. The molecule has 2 rings (SSSR count). The Hall–Kier alpha value is -3.06. The smallest absolute Gasteiger partial charge is 0.255 e. The van der Waals surface area contributed by atoms with Crippen LogP contribution in [0.3, 0.4) is 0 Å². The van der Waals surface area contributed by atoms with Crippen molar-refractivity contribution in [1.29, 1.82) is 0 Å². The zero-order valence-corrected chi connectivity index (χ0v) is 14.7. The second kappa shape index (κ2) is 10.0. The van der Waals surface area contributed by atoms with E-state index in [-0.39, 0.29) is 18.4 Å². The van der Waals surface area contributed by atoms with Crippen LogP contribution in [-0.2, 0) is 4.79 Å². The average Bonchev–Trinajstić information content (AvgIpc) is 2.66. The van der Waals surface area contributed by atoms with Crippen LogP contribution in [0.2, 0.25) is 0 Å². The van der Waals surface area contributed by atoms with E-state index in [1.54, 1.807) is 48.5 Å². The predicted molar refractivity (Wildman–Crippen MR) is 99.6 cm³/mol. The Morgan fingerprint density at radius 1 is 1.04 bits per heavy atom. The molecule has 0 fully saturated rings. The lowest BCUT2D eigenvalue weighted by molar-refractivity contribution is -0.115. The molecule has 4 N–H and O–H groups in total. The number of hydrogen-bond donors (Lipinski definition) is 3. The van der Waals surface area contributed by atoms with Gasteiger partial charge in [0.2, 0.25) is 5.91 Å². The molecule has 0 spiro atoms. The molecule has 0 aromatic heterocycles. The minimum Gasteiger partial charge on any atom is -0.493 e. The van der Waals surface area contributed by atoms with Gasteiger partial charge in [-0.05, 0) is 43.3 Å². The number of ether oxygens (including phenoxy) is 2. The summed E-state index contributed by atoms with van der Waals surface area (Å²) >= 11 is 0. The van der Waals surface area contributed by atoms with Gasteiger partial charge in [-0.2, -0.15) is 0 Å². The summed E-state index contributed by atoms with van der Waals surface area (Å²) in [6, 6.07) is 13.8. The van der Waals surface area contributed by atoms with Gasteiger partial charge in [0.25, 0.3) is 5.91 Å². The number of benzene rings is 2. The van der Waals surface area contributed by atoms with Gasteiger partial charge in [0.05, 0.1) is 18.7 Å². The first-order chi connectivity index (χ1) is 12.6. The van der Waals surface area contributed by atoms with Crippen LogP contribution in [0.4, 0.5) is 5.69 Å². The van der Waals surface area contributed by atoms with Gasteiger partial charge in [-0.3, -0.25) is 9.59 Å². The zero-order valence-electron chi connectivity index (χ0n) is 14.7. The Morgan fingerprint density at radius 2 is 1.77 bits per heavy atom. The fourth-order valence-corrected chi connectivity index (χ4v) is 2.21. The average molecular weight is 357 g/mol. The summed E-state index contributed by atoms with van der Waals surface area (Å²) in [5.74, 6) is 0.466. The van der Waals surface area contributed by atoms with Crippen molar-refractivity contribution in [2.75, 3.05) is 31.6 Å². The molecule has 0 aliphatic carbocycles. The third kappa shape index (κ3) is 5.78. The lowest BCUT2D eigenvalue weighted by Crippen LogP contribution is -2.33. The maximum absolute atomic E-state index is 12.2. The molecule has 0 saturated carbocycles. The lowest BCUT2D eigenvalue weighted by atomic mass is 10.2. The lowest BCUT2D eigenvalue weighted by Gasteiger charge is -2.11. The van der Waals surface area contributed by atoms with Crippen LogP contribution in [0, 0.1) is 0 Å². The minimum atomic E-state index is -0.366. The fourth-order valence-electron chi connectivity index (χ4n) is 2.21. The molecule has 0 bridgehead atoms. The Labute approximate surface area is 152 Å². The molecule has 2 aromatic rings. The molecule has 0 heterocycles. The van der Waals surface area contributed by atoms with Crippen LogP contribution >= 0.6 is 0 Å².